The average Bonchev–Trinajstić information content (AvgIpc) is 3.04. The number of nitrogens with zero attached hydrogens (tertiary/aromatic N) is 2. The van der Waals surface area contributed by atoms with E-state index in [1.807, 2.05) is 0 Å². The van der Waals surface area contributed by atoms with Gasteiger partial charge in [-0.1, -0.05) is 0 Å². The first-order valence-corrected chi connectivity index (χ1v) is 9.44. The third-order valence-electron chi connectivity index (χ3n) is 4.98. The number of carbonyl (C=O) groups excluding carboxylic acids is 3. The number of methoxy groups -OCH3 is 2. The van der Waals surface area contributed by atoms with E-state index in [0.717, 1.165) is 10.5 Å². The van der Waals surface area contributed by atoms with Crippen LogP contribution >= 0.6 is 0 Å². The summed E-state index contributed by atoms with van der Waals surface area (Å²) in [5.74, 6) is -0.256. The molecule has 3 amide bonds. The van der Waals surface area contributed by atoms with Crippen LogP contribution in [-0.2, 0) is 6.54 Å². The van der Waals surface area contributed by atoms with Crippen LogP contribution in [0.15, 0.2) is 60.9 Å². The Hall–Kier alpha value is -4.20. The van der Waals surface area contributed by atoms with Gasteiger partial charge in [0, 0.05) is 24.0 Å². The van der Waals surface area contributed by atoms with Crippen molar-refractivity contribution in [3.8, 4) is 11.5 Å². The molecule has 4 rings (SSSR count). The van der Waals surface area contributed by atoms with Crippen molar-refractivity contribution in [2.75, 3.05) is 19.5 Å². The molecule has 1 N–H and O–H groups in total. The van der Waals surface area contributed by atoms with E-state index in [9.17, 15) is 14.4 Å². The zero-order valence-corrected chi connectivity index (χ0v) is 16.9. The first kappa shape index (κ1) is 20.1. The third-order valence-corrected chi connectivity index (χ3v) is 4.98. The van der Waals surface area contributed by atoms with Gasteiger partial charge in [0.2, 0.25) is 0 Å². The van der Waals surface area contributed by atoms with Gasteiger partial charge in [0.1, 0.15) is 11.5 Å². The largest absolute Gasteiger partial charge is 0.497 e. The molecule has 0 spiro atoms. The third kappa shape index (κ3) is 3.83. The van der Waals surface area contributed by atoms with E-state index in [1.165, 1.54) is 32.4 Å². The normalized spacial score (nSPS) is 12.5. The quantitative estimate of drug-likeness (QED) is 0.619. The molecule has 1 aromatic heterocycles. The molecule has 0 radical (unpaired) electrons. The van der Waals surface area contributed by atoms with E-state index < -0.39 is 17.7 Å². The van der Waals surface area contributed by atoms with Crippen LogP contribution in [0.2, 0.25) is 0 Å². The number of imide groups is 1. The SMILES string of the molecule is COc1ccc(OC)c(NC(=O)c2ccc3c(c2)C(=O)N(Cc2ccncc2)C3=O)c1. The highest BCUT2D eigenvalue weighted by atomic mass is 16.5. The van der Waals surface area contributed by atoms with Gasteiger partial charge in [0.25, 0.3) is 17.7 Å². The Morgan fingerprint density at radius 3 is 2.39 bits per heavy atom. The summed E-state index contributed by atoms with van der Waals surface area (Å²) in [5, 5.41) is 2.76. The van der Waals surface area contributed by atoms with Crippen LogP contribution in [0.25, 0.3) is 0 Å². The number of hydrogen-bond donors (Lipinski definition) is 1. The molecule has 1 aliphatic heterocycles. The highest BCUT2D eigenvalue weighted by Crippen LogP contribution is 2.30. The van der Waals surface area contributed by atoms with E-state index in [-0.39, 0.29) is 23.2 Å². The van der Waals surface area contributed by atoms with Crippen LogP contribution in [0.4, 0.5) is 5.69 Å². The molecular weight excluding hydrogens is 398 g/mol. The molecule has 8 nitrogen and oxygen atoms in total. The lowest BCUT2D eigenvalue weighted by molar-refractivity contribution is 0.0642. The number of benzene rings is 2. The molecule has 0 bridgehead atoms. The summed E-state index contributed by atoms with van der Waals surface area (Å²) in [6.45, 7) is 0.136. The summed E-state index contributed by atoms with van der Waals surface area (Å²) >= 11 is 0. The van der Waals surface area contributed by atoms with Crippen molar-refractivity contribution >= 4 is 23.4 Å². The van der Waals surface area contributed by atoms with Crippen LogP contribution in [0.1, 0.15) is 36.6 Å². The van der Waals surface area contributed by atoms with Crippen molar-refractivity contribution < 1.29 is 23.9 Å². The second-order valence-electron chi connectivity index (χ2n) is 6.83. The summed E-state index contributed by atoms with van der Waals surface area (Å²) in [6.07, 6.45) is 3.20. The smallest absolute Gasteiger partial charge is 0.261 e. The molecule has 0 aliphatic carbocycles. The standard InChI is InChI=1S/C23H19N3O5/c1-30-16-4-6-20(31-2)19(12-16)25-21(27)15-3-5-17-18(11-15)23(29)26(22(17)28)13-14-7-9-24-10-8-14/h3-12H,13H2,1-2H3,(H,25,27). The van der Waals surface area contributed by atoms with E-state index in [1.54, 1.807) is 42.7 Å². The number of nitrogens with one attached hydrogen (secondary N) is 1. The molecule has 0 saturated carbocycles. The number of carbonyl (C=O) groups is 3. The fourth-order valence-corrected chi connectivity index (χ4v) is 3.35. The van der Waals surface area contributed by atoms with Crippen LogP contribution < -0.4 is 14.8 Å². The molecule has 3 aromatic rings. The number of amides is 3. The van der Waals surface area contributed by atoms with Crippen LogP contribution in [0.3, 0.4) is 0 Å². The number of rotatable bonds is 6. The van der Waals surface area contributed by atoms with Gasteiger partial charge in [0.05, 0.1) is 37.6 Å². The van der Waals surface area contributed by atoms with Crippen molar-refractivity contribution in [2.45, 2.75) is 6.54 Å². The average molecular weight is 417 g/mol. The highest BCUT2D eigenvalue weighted by Gasteiger charge is 2.36. The minimum atomic E-state index is -0.442. The lowest BCUT2D eigenvalue weighted by atomic mass is 10.1. The van der Waals surface area contributed by atoms with Crippen molar-refractivity contribution in [1.29, 1.82) is 0 Å². The number of hydrogen-bond acceptors (Lipinski definition) is 6. The van der Waals surface area contributed by atoms with Crippen molar-refractivity contribution in [3.05, 3.63) is 83.2 Å². The van der Waals surface area contributed by atoms with Gasteiger partial charge in [-0.2, -0.15) is 0 Å². The maximum Gasteiger partial charge on any atom is 0.261 e. The molecule has 2 aromatic carbocycles. The number of anilines is 1. The van der Waals surface area contributed by atoms with Gasteiger partial charge in [-0.05, 0) is 48.0 Å². The van der Waals surface area contributed by atoms with Gasteiger partial charge >= 0.3 is 0 Å². The molecule has 8 heteroatoms. The minimum Gasteiger partial charge on any atom is -0.497 e. The van der Waals surface area contributed by atoms with Crippen LogP contribution in [0, 0.1) is 0 Å². The molecule has 0 unspecified atom stereocenters. The molecular formula is C23H19N3O5. The van der Waals surface area contributed by atoms with Crippen molar-refractivity contribution in [2.24, 2.45) is 0 Å². The number of aromatic nitrogens is 1. The number of pyridine rings is 1. The second kappa shape index (κ2) is 8.27. The van der Waals surface area contributed by atoms with Crippen molar-refractivity contribution in [1.82, 2.24) is 9.88 Å². The first-order valence-electron chi connectivity index (χ1n) is 9.44. The summed E-state index contributed by atoms with van der Waals surface area (Å²) in [5.41, 5.74) is 1.93. The Kier molecular flexibility index (Phi) is 5.36. The molecule has 0 saturated heterocycles. The Morgan fingerprint density at radius 1 is 0.935 bits per heavy atom. The number of ether oxygens (including phenoxy) is 2. The molecule has 1 aliphatic rings. The Morgan fingerprint density at radius 2 is 1.68 bits per heavy atom. The summed E-state index contributed by atoms with van der Waals surface area (Å²) in [4.78, 5) is 43.5. The Bertz CT molecular complexity index is 1180. The molecule has 0 atom stereocenters. The molecule has 31 heavy (non-hydrogen) atoms. The summed E-state index contributed by atoms with van der Waals surface area (Å²) < 4.78 is 10.5. The predicted molar refractivity (Wildman–Crippen MR) is 112 cm³/mol. The fraction of sp³-hybridized carbons (Fsp3) is 0.130. The molecule has 0 fully saturated rings. The van der Waals surface area contributed by atoms with Gasteiger partial charge in [0.15, 0.2) is 0 Å². The van der Waals surface area contributed by atoms with E-state index >= 15 is 0 Å². The van der Waals surface area contributed by atoms with E-state index in [0.29, 0.717) is 17.2 Å². The zero-order chi connectivity index (χ0) is 22.0. The van der Waals surface area contributed by atoms with Gasteiger partial charge in [-0.25, -0.2) is 0 Å². The predicted octanol–water partition coefficient (Wildman–Crippen LogP) is 3.15. The maximum atomic E-state index is 12.8. The lowest BCUT2D eigenvalue weighted by Gasteiger charge is -2.13. The summed E-state index contributed by atoms with van der Waals surface area (Å²) in [7, 11) is 3.02. The first-order chi connectivity index (χ1) is 15.0. The lowest BCUT2D eigenvalue weighted by Crippen LogP contribution is -2.29. The van der Waals surface area contributed by atoms with Crippen LogP contribution in [-0.4, -0.2) is 41.8 Å². The van der Waals surface area contributed by atoms with Gasteiger partial charge in [-0.15, -0.1) is 0 Å². The Labute approximate surface area is 178 Å². The summed E-state index contributed by atoms with van der Waals surface area (Å²) in [6, 6.07) is 13.0. The van der Waals surface area contributed by atoms with Crippen LogP contribution in [0.5, 0.6) is 11.5 Å². The topological polar surface area (TPSA) is 97.8 Å². The fourth-order valence-electron chi connectivity index (χ4n) is 3.35. The monoisotopic (exact) mass is 417 g/mol. The molecule has 2 heterocycles. The highest BCUT2D eigenvalue weighted by molar-refractivity contribution is 6.22. The number of fused-ring (bicyclic) bond motifs is 1. The maximum absolute atomic E-state index is 12.8. The van der Waals surface area contributed by atoms with Gasteiger partial charge in [-0.3, -0.25) is 24.3 Å². The van der Waals surface area contributed by atoms with E-state index in [4.69, 9.17) is 9.47 Å². The zero-order valence-electron chi connectivity index (χ0n) is 16.9. The minimum absolute atomic E-state index is 0.136. The van der Waals surface area contributed by atoms with Gasteiger partial charge < -0.3 is 14.8 Å². The second-order valence-corrected chi connectivity index (χ2v) is 6.83. The van der Waals surface area contributed by atoms with E-state index in [2.05, 4.69) is 10.3 Å². The van der Waals surface area contributed by atoms with Crippen molar-refractivity contribution in [3.63, 3.8) is 0 Å². The molecule has 156 valence electrons. The Balaban J connectivity index is 1.58.